The molecule has 1 N–H and O–H groups in total. The van der Waals surface area contributed by atoms with Crippen molar-refractivity contribution in [1.82, 2.24) is 0 Å². The van der Waals surface area contributed by atoms with Gasteiger partial charge in [-0.2, -0.15) is 18.4 Å². The summed E-state index contributed by atoms with van der Waals surface area (Å²) < 4.78 is 48.8. The Balaban J connectivity index is 2.32. The topological polar surface area (TPSA) is 92.3 Å². The van der Waals surface area contributed by atoms with E-state index >= 15 is 0 Å². The van der Waals surface area contributed by atoms with Crippen LogP contribution in [-0.4, -0.2) is 19.0 Å². The number of anilines is 1. The zero-order chi connectivity index (χ0) is 20.2. The summed E-state index contributed by atoms with van der Waals surface area (Å²) in [5.74, 6) is -1.52. The number of alkyl halides is 3. The maximum atomic E-state index is 13.0. The highest BCUT2D eigenvalue weighted by molar-refractivity contribution is 6.10. The first-order chi connectivity index (χ1) is 12.7. The predicted molar refractivity (Wildman–Crippen MR) is 88.4 cm³/mol. The SMILES string of the molecule is COC(=O)c1cc(/C=C(\C#N)C(=O)Nc2ccccc2C(F)(F)F)oc1C. The van der Waals surface area contributed by atoms with Crippen LogP contribution in [0.4, 0.5) is 18.9 Å². The second kappa shape index (κ2) is 7.78. The zero-order valence-corrected chi connectivity index (χ0v) is 14.2. The van der Waals surface area contributed by atoms with E-state index in [9.17, 15) is 22.8 Å². The fraction of sp³-hybridized carbons (Fsp3) is 0.167. The molecule has 0 radical (unpaired) electrons. The summed E-state index contributed by atoms with van der Waals surface area (Å²) in [6.07, 6.45) is -3.65. The number of methoxy groups -OCH3 is 1. The summed E-state index contributed by atoms with van der Waals surface area (Å²) in [5.41, 5.74) is -1.93. The Hall–Kier alpha value is -3.54. The lowest BCUT2D eigenvalue weighted by Gasteiger charge is -2.13. The molecule has 27 heavy (non-hydrogen) atoms. The summed E-state index contributed by atoms with van der Waals surface area (Å²) in [6, 6.07) is 7.23. The molecule has 0 fully saturated rings. The van der Waals surface area contributed by atoms with Crippen molar-refractivity contribution in [3.05, 3.63) is 58.6 Å². The average molecular weight is 378 g/mol. The largest absolute Gasteiger partial charge is 0.465 e. The molecule has 0 atom stereocenters. The quantitative estimate of drug-likeness (QED) is 0.494. The van der Waals surface area contributed by atoms with Crippen molar-refractivity contribution in [2.24, 2.45) is 0 Å². The van der Waals surface area contributed by atoms with Gasteiger partial charge in [-0.1, -0.05) is 12.1 Å². The summed E-state index contributed by atoms with van der Waals surface area (Å²) in [4.78, 5) is 23.8. The van der Waals surface area contributed by atoms with Gasteiger partial charge < -0.3 is 14.5 Å². The number of nitrogens with one attached hydrogen (secondary N) is 1. The Morgan fingerprint density at radius 1 is 1.30 bits per heavy atom. The van der Waals surface area contributed by atoms with Gasteiger partial charge in [0, 0.05) is 6.08 Å². The molecule has 9 heteroatoms. The minimum Gasteiger partial charge on any atom is -0.465 e. The van der Waals surface area contributed by atoms with E-state index in [-0.39, 0.29) is 17.1 Å². The number of carbonyl (C=O) groups excluding carboxylic acids is 2. The molecule has 1 aromatic carbocycles. The van der Waals surface area contributed by atoms with E-state index in [0.29, 0.717) is 0 Å². The first-order valence-electron chi connectivity index (χ1n) is 7.45. The number of benzene rings is 1. The highest BCUT2D eigenvalue weighted by Crippen LogP contribution is 2.34. The van der Waals surface area contributed by atoms with Crippen LogP contribution in [0.2, 0.25) is 0 Å². The molecule has 0 aliphatic heterocycles. The van der Waals surface area contributed by atoms with Crippen LogP contribution in [0, 0.1) is 18.3 Å². The number of furan rings is 1. The number of rotatable bonds is 4. The van der Waals surface area contributed by atoms with Crippen molar-refractivity contribution < 1.29 is 31.9 Å². The summed E-state index contributed by atoms with van der Waals surface area (Å²) >= 11 is 0. The van der Waals surface area contributed by atoms with Crippen molar-refractivity contribution in [3.63, 3.8) is 0 Å². The normalized spacial score (nSPS) is 11.6. The summed E-state index contributed by atoms with van der Waals surface area (Å²) in [5, 5.41) is 11.2. The molecule has 6 nitrogen and oxygen atoms in total. The Morgan fingerprint density at radius 2 is 1.96 bits per heavy atom. The van der Waals surface area contributed by atoms with Crippen LogP contribution >= 0.6 is 0 Å². The van der Waals surface area contributed by atoms with Gasteiger partial charge in [-0.3, -0.25) is 4.79 Å². The van der Waals surface area contributed by atoms with Crippen molar-refractivity contribution in [2.45, 2.75) is 13.1 Å². The van der Waals surface area contributed by atoms with E-state index in [1.165, 1.54) is 32.2 Å². The van der Waals surface area contributed by atoms with Crippen LogP contribution in [0.3, 0.4) is 0 Å². The van der Waals surface area contributed by atoms with E-state index in [4.69, 9.17) is 9.68 Å². The lowest BCUT2D eigenvalue weighted by atomic mass is 10.1. The number of amides is 1. The maximum absolute atomic E-state index is 13.0. The number of halogens is 3. The Kier molecular flexibility index (Phi) is 5.70. The van der Waals surface area contributed by atoms with E-state index in [1.807, 2.05) is 0 Å². The molecule has 0 unspecified atom stereocenters. The van der Waals surface area contributed by atoms with Gasteiger partial charge in [0.15, 0.2) is 0 Å². The lowest BCUT2D eigenvalue weighted by molar-refractivity contribution is -0.137. The molecule has 0 spiro atoms. The van der Waals surface area contributed by atoms with Crippen LogP contribution in [0.15, 0.2) is 40.3 Å². The number of nitriles is 1. The third kappa shape index (κ3) is 4.55. The number of para-hydroxylation sites is 1. The standard InChI is InChI=1S/C18H13F3N2O4/c1-10-13(17(25)26-2)8-12(27-10)7-11(9-22)16(24)23-15-6-4-3-5-14(15)18(19,20)21/h3-8H,1-2H3,(H,23,24)/b11-7+. The molecule has 0 saturated heterocycles. The maximum Gasteiger partial charge on any atom is 0.418 e. The molecule has 2 aromatic rings. The predicted octanol–water partition coefficient (Wildman–Crippen LogP) is 3.94. The third-order valence-corrected chi connectivity index (χ3v) is 3.47. The molecule has 2 rings (SSSR count). The van der Waals surface area contributed by atoms with Gasteiger partial charge in [0.25, 0.3) is 5.91 Å². The monoisotopic (exact) mass is 378 g/mol. The van der Waals surface area contributed by atoms with Crippen molar-refractivity contribution in [1.29, 1.82) is 5.26 Å². The highest BCUT2D eigenvalue weighted by atomic mass is 19.4. The van der Waals surface area contributed by atoms with Gasteiger partial charge in [0.05, 0.1) is 18.4 Å². The number of esters is 1. The molecular weight excluding hydrogens is 365 g/mol. The van der Waals surface area contributed by atoms with Crippen LogP contribution in [0.5, 0.6) is 0 Å². The van der Waals surface area contributed by atoms with E-state index < -0.39 is 34.9 Å². The molecular formula is C18H13F3N2O4. The highest BCUT2D eigenvalue weighted by Gasteiger charge is 2.33. The van der Waals surface area contributed by atoms with E-state index in [0.717, 1.165) is 18.2 Å². The smallest absolute Gasteiger partial charge is 0.418 e. The van der Waals surface area contributed by atoms with Crippen LogP contribution < -0.4 is 5.32 Å². The second-order valence-electron chi connectivity index (χ2n) is 5.28. The molecule has 0 bridgehead atoms. The summed E-state index contributed by atoms with van der Waals surface area (Å²) in [6.45, 7) is 1.48. The number of hydrogen-bond acceptors (Lipinski definition) is 5. The first kappa shape index (κ1) is 19.8. The molecule has 0 aliphatic rings. The molecule has 1 heterocycles. The average Bonchev–Trinajstić information content (AvgIpc) is 2.98. The number of carbonyl (C=O) groups is 2. The van der Waals surface area contributed by atoms with Crippen molar-refractivity contribution >= 4 is 23.6 Å². The van der Waals surface area contributed by atoms with Gasteiger partial charge in [-0.25, -0.2) is 4.79 Å². The molecule has 140 valence electrons. The Morgan fingerprint density at radius 3 is 2.56 bits per heavy atom. The number of ether oxygens (including phenoxy) is 1. The van der Waals surface area contributed by atoms with E-state index in [1.54, 1.807) is 6.07 Å². The minimum atomic E-state index is -4.67. The number of nitrogens with zero attached hydrogens (tertiary/aromatic N) is 1. The third-order valence-electron chi connectivity index (χ3n) is 3.47. The van der Waals surface area contributed by atoms with Gasteiger partial charge in [-0.05, 0) is 25.1 Å². The van der Waals surface area contributed by atoms with Crippen LogP contribution in [0.25, 0.3) is 6.08 Å². The number of hydrogen-bond donors (Lipinski definition) is 1. The van der Waals surface area contributed by atoms with Crippen molar-refractivity contribution in [3.8, 4) is 6.07 Å². The fourth-order valence-electron chi connectivity index (χ4n) is 2.21. The Bertz CT molecular complexity index is 952. The molecule has 0 aliphatic carbocycles. The van der Waals surface area contributed by atoms with E-state index in [2.05, 4.69) is 10.1 Å². The zero-order valence-electron chi connectivity index (χ0n) is 14.2. The van der Waals surface area contributed by atoms with Gasteiger partial charge >= 0.3 is 12.1 Å². The van der Waals surface area contributed by atoms with Crippen molar-refractivity contribution in [2.75, 3.05) is 12.4 Å². The van der Waals surface area contributed by atoms with Crippen LogP contribution in [-0.2, 0) is 15.7 Å². The molecule has 0 saturated carbocycles. The second-order valence-corrected chi connectivity index (χ2v) is 5.28. The van der Waals surface area contributed by atoms with Gasteiger partial charge in [-0.15, -0.1) is 0 Å². The number of aryl methyl sites for hydroxylation is 1. The fourth-order valence-corrected chi connectivity index (χ4v) is 2.21. The Labute approximate surface area is 151 Å². The minimum absolute atomic E-state index is 0.00343. The molecule has 1 amide bonds. The van der Waals surface area contributed by atoms with Gasteiger partial charge in [0.1, 0.15) is 28.7 Å². The lowest BCUT2D eigenvalue weighted by Crippen LogP contribution is -2.17. The van der Waals surface area contributed by atoms with Crippen LogP contribution in [0.1, 0.15) is 27.4 Å². The summed E-state index contributed by atoms with van der Waals surface area (Å²) in [7, 11) is 1.18. The first-order valence-corrected chi connectivity index (χ1v) is 7.45. The molecule has 1 aromatic heterocycles. The van der Waals surface area contributed by atoms with Gasteiger partial charge in [0.2, 0.25) is 0 Å².